The summed E-state index contributed by atoms with van der Waals surface area (Å²) in [6.07, 6.45) is 0.329. The Morgan fingerprint density at radius 1 is 1.18 bits per heavy atom. The highest BCUT2D eigenvalue weighted by molar-refractivity contribution is 9.10. The van der Waals surface area contributed by atoms with Gasteiger partial charge in [-0.1, -0.05) is 40.2 Å². The van der Waals surface area contributed by atoms with Crippen LogP contribution in [0.15, 0.2) is 59.1 Å². The van der Waals surface area contributed by atoms with Crippen LogP contribution < -0.4 is 10.6 Å². The van der Waals surface area contributed by atoms with Crippen molar-refractivity contribution < 1.29 is 14.0 Å². The summed E-state index contributed by atoms with van der Waals surface area (Å²) in [5, 5.41) is 12.0. The smallest absolute Gasteiger partial charge is 0.269 e. The molecule has 1 aromatic heterocycles. The molecule has 0 aliphatic heterocycles. The number of H-pyrrole nitrogens is 1. The molecule has 1 atom stereocenters. The third kappa shape index (κ3) is 4.83. The fourth-order valence-corrected chi connectivity index (χ4v) is 3.20. The van der Waals surface area contributed by atoms with Crippen LogP contribution in [-0.4, -0.2) is 35.1 Å². The number of hydrogen-bond donors (Lipinski definition) is 3. The third-order valence-electron chi connectivity index (χ3n) is 4.14. The number of nitrogens with zero attached hydrogens (tertiary/aromatic N) is 1. The van der Waals surface area contributed by atoms with Gasteiger partial charge in [-0.25, -0.2) is 4.39 Å². The second-order valence-corrected chi connectivity index (χ2v) is 7.07. The predicted octanol–water partition coefficient (Wildman–Crippen LogP) is 3.07. The van der Waals surface area contributed by atoms with Gasteiger partial charge in [0.2, 0.25) is 5.91 Å². The number of benzene rings is 2. The molecule has 0 bridgehead atoms. The topological polar surface area (TPSA) is 86.9 Å². The molecular weight excluding hydrogens is 427 g/mol. The molecule has 3 N–H and O–H groups in total. The Kier molecular flexibility index (Phi) is 6.20. The van der Waals surface area contributed by atoms with Crippen molar-refractivity contribution in [2.75, 3.05) is 7.05 Å². The molecule has 0 aliphatic carbocycles. The summed E-state index contributed by atoms with van der Waals surface area (Å²) in [6.45, 7) is 0. The van der Waals surface area contributed by atoms with E-state index in [-0.39, 0.29) is 17.4 Å². The lowest BCUT2D eigenvalue weighted by molar-refractivity contribution is -0.122. The lowest BCUT2D eigenvalue weighted by Crippen LogP contribution is -2.47. The van der Waals surface area contributed by atoms with Crippen LogP contribution in [0, 0.1) is 5.82 Å². The first-order valence-corrected chi connectivity index (χ1v) is 9.34. The van der Waals surface area contributed by atoms with Gasteiger partial charge >= 0.3 is 0 Å². The number of likely N-dealkylation sites (N-methyl/N-ethyl adjacent to an activating group) is 1. The molecule has 0 fully saturated rings. The van der Waals surface area contributed by atoms with Gasteiger partial charge in [0.05, 0.1) is 5.69 Å². The molecule has 1 heterocycles. The Balaban J connectivity index is 1.76. The molecule has 0 spiro atoms. The van der Waals surface area contributed by atoms with E-state index in [9.17, 15) is 14.0 Å². The maximum atomic E-state index is 13.4. The largest absolute Gasteiger partial charge is 0.357 e. The number of nitrogens with one attached hydrogen (secondary N) is 3. The number of aromatic amines is 1. The molecule has 0 radical (unpaired) electrons. The lowest BCUT2D eigenvalue weighted by Gasteiger charge is -2.17. The number of carbonyl (C=O) groups is 2. The maximum absolute atomic E-state index is 13.4. The molecular formula is C20H18BrFN4O2. The van der Waals surface area contributed by atoms with Crippen LogP contribution in [0.3, 0.4) is 0 Å². The van der Waals surface area contributed by atoms with Crippen LogP contribution in [0.25, 0.3) is 11.3 Å². The zero-order valence-electron chi connectivity index (χ0n) is 15.0. The second kappa shape index (κ2) is 8.79. The van der Waals surface area contributed by atoms with Crippen molar-refractivity contribution in [3.63, 3.8) is 0 Å². The Morgan fingerprint density at radius 3 is 2.68 bits per heavy atom. The summed E-state index contributed by atoms with van der Waals surface area (Å²) < 4.78 is 14.3. The summed E-state index contributed by atoms with van der Waals surface area (Å²) in [5.74, 6) is -1.17. The van der Waals surface area contributed by atoms with Crippen LogP contribution >= 0.6 is 15.9 Å². The third-order valence-corrected chi connectivity index (χ3v) is 4.63. The molecule has 2 amide bonds. The van der Waals surface area contributed by atoms with E-state index in [0.717, 1.165) is 10.0 Å². The van der Waals surface area contributed by atoms with Gasteiger partial charge in [-0.05, 0) is 35.9 Å². The summed E-state index contributed by atoms with van der Waals surface area (Å²) in [4.78, 5) is 24.8. The Bertz CT molecular complexity index is 1010. The van der Waals surface area contributed by atoms with Gasteiger partial charge < -0.3 is 10.6 Å². The number of halogens is 2. The molecule has 144 valence electrons. The number of hydrogen-bond acceptors (Lipinski definition) is 3. The predicted molar refractivity (Wildman–Crippen MR) is 107 cm³/mol. The highest BCUT2D eigenvalue weighted by Crippen LogP contribution is 2.19. The fourth-order valence-electron chi connectivity index (χ4n) is 2.75. The number of carbonyl (C=O) groups excluding carboxylic acids is 2. The van der Waals surface area contributed by atoms with E-state index in [2.05, 4.69) is 36.8 Å². The van der Waals surface area contributed by atoms with Crippen molar-refractivity contribution in [2.45, 2.75) is 12.5 Å². The molecule has 28 heavy (non-hydrogen) atoms. The van der Waals surface area contributed by atoms with Crippen LogP contribution in [0.4, 0.5) is 4.39 Å². The molecule has 2 aromatic carbocycles. The lowest BCUT2D eigenvalue weighted by atomic mass is 10.0. The molecule has 0 saturated heterocycles. The van der Waals surface area contributed by atoms with Crippen LogP contribution in [0.5, 0.6) is 0 Å². The summed E-state index contributed by atoms with van der Waals surface area (Å²) in [6, 6.07) is 14.2. The molecule has 0 unspecified atom stereocenters. The van der Waals surface area contributed by atoms with Gasteiger partial charge in [-0.15, -0.1) is 0 Å². The van der Waals surface area contributed by atoms with E-state index in [1.54, 1.807) is 12.1 Å². The van der Waals surface area contributed by atoms with Crippen molar-refractivity contribution >= 4 is 27.7 Å². The number of rotatable bonds is 6. The first-order chi connectivity index (χ1) is 13.5. The molecule has 8 heteroatoms. The Labute approximate surface area is 169 Å². The van der Waals surface area contributed by atoms with Crippen LogP contribution in [0.1, 0.15) is 16.1 Å². The zero-order chi connectivity index (χ0) is 20.1. The highest BCUT2D eigenvalue weighted by atomic mass is 79.9. The van der Waals surface area contributed by atoms with Gasteiger partial charge in [0.25, 0.3) is 5.91 Å². The zero-order valence-corrected chi connectivity index (χ0v) is 16.6. The monoisotopic (exact) mass is 444 g/mol. The van der Waals surface area contributed by atoms with Crippen molar-refractivity contribution in [1.82, 2.24) is 20.8 Å². The second-order valence-electron chi connectivity index (χ2n) is 6.15. The average molecular weight is 445 g/mol. The van der Waals surface area contributed by atoms with Gasteiger partial charge in [0.15, 0.2) is 0 Å². The molecule has 6 nitrogen and oxygen atoms in total. The van der Waals surface area contributed by atoms with E-state index in [4.69, 9.17) is 0 Å². The maximum Gasteiger partial charge on any atom is 0.269 e. The van der Waals surface area contributed by atoms with E-state index in [1.807, 2.05) is 24.3 Å². The van der Waals surface area contributed by atoms with E-state index < -0.39 is 11.9 Å². The van der Waals surface area contributed by atoms with Crippen LogP contribution in [-0.2, 0) is 11.2 Å². The van der Waals surface area contributed by atoms with E-state index in [1.165, 1.54) is 25.2 Å². The average Bonchev–Trinajstić information content (AvgIpc) is 3.17. The summed E-state index contributed by atoms with van der Waals surface area (Å²) in [7, 11) is 1.51. The SMILES string of the molecule is CNC(=O)[C@H](Cc1cccc(Br)c1)NC(=O)c1cc(-c2cccc(F)c2)n[nH]1. The van der Waals surface area contributed by atoms with Gasteiger partial charge in [0.1, 0.15) is 17.6 Å². The van der Waals surface area contributed by atoms with E-state index >= 15 is 0 Å². The molecule has 3 aromatic rings. The fraction of sp³-hybridized carbons (Fsp3) is 0.150. The molecule has 3 rings (SSSR count). The van der Waals surface area contributed by atoms with Gasteiger partial charge in [-0.2, -0.15) is 5.10 Å². The Morgan fingerprint density at radius 2 is 1.96 bits per heavy atom. The molecule has 0 aliphatic rings. The van der Waals surface area contributed by atoms with Crippen molar-refractivity contribution in [3.8, 4) is 11.3 Å². The first kappa shape index (κ1) is 19.8. The summed E-state index contributed by atoms with van der Waals surface area (Å²) in [5.41, 5.74) is 2.07. The van der Waals surface area contributed by atoms with Gasteiger partial charge in [-0.3, -0.25) is 14.7 Å². The molecule has 0 saturated carbocycles. The van der Waals surface area contributed by atoms with Crippen molar-refractivity contribution in [3.05, 3.63) is 76.1 Å². The Hall–Kier alpha value is -3.00. The minimum absolute atomic E-state index is 0.183. The standard InChI is InChI=1S/C20H18BrFN4O2/c1-23-19(27)17(9-12-4-2-6-14(21)8-12)24-20(28)18-11-16(25-26-18)13-5-3-7-15(22)10-13/h2-8,10-11,17H,9H2,1H3,(H,23,27)(H,24,28)(H,25,26)/t17-/m0/s1. The first-order valence-electron chi connectivity index (χ1n) is 8.54. The van der Waals surface area contributed by atoms with Crippen molar-refractivity contribution in [1.29, 1.82) is 0 Å². The van der Waals surface area contributed by atoms with Crippen molar-refractivity contribution in [2.24, 2.45) is 0 Å². The normalized spacial score (nSPS) is 11.7. The minimum Gasteiger partial charge on any atom is -0.357 e. The van der Waals surface area contributed by atoms with Crippen LogP contribution in [0.2, 0.25) is 0 Å². The number of aromatic nitrogens is 2. The minimum atomic E-state index is -0.757. The highest BCUT2D eigenvalue weighted by Gasteiger charge is 2.22. The van der Waals surface area contributed by atoms with Gasteiger partial charge in [0, 0.05) is 23.5 Å². The number of amides is 2. The summed E-state index contributed by atoms with van der Waals surface area (Å²) >= 11 is 3.40. The quantitative estimate of drug-likeness (QED) is 0.545. The van der Waals surface area contributed by atoms with E-state index in [0.29, 0.717) is 17.7 Å².